The van der Waals surface area contributed by atoms with Crippen molar-refractivity contribution in [2.75, 3.05) is 0 Å². The summed E-state index contributed by atoms with van der Waals surface area (Å²) in [5, 5.41) is 13.3. The molecule has 3 aromatic rings. The zero-order chi connectivity index (χ0) is 19.7. The minimum absolute atomic E-state index is 0.223. The molecule has 1 aromatic carbocycles. The average molecular weight is 371 g/mol. The van der Waals surface area contributed by atoms with Crippen LogP contribution in [0.3, 0.4) is 0 Å². The highest BCUT2D eigenvalue weighted by atomic mass is 16.4. The molecule has 142 valence electrons. The Morgan fingerprint density at radius 2 is 1.93 bits per heavy atom. The Kier molecular flexibility index (Phi) is 5.03. The van der Waals surface area contributed by atoms with Gasteiger partial charge in [0.1, 0.15) is 17.2 Å². The standard InChI is InChI=1S/C20H21NO6/c1-4-5-15(19(23)24)21-18(22)7-14-11(3)13-6-12-10(2)9-26-16(12)8-17(13)27-20(14)25/h6,8-9,15H,4-5,7H2,1-3H3,(H,21,22)(H,23,24). The number of nitrogens with one attached hydrogen (secondary N) is 1. The predicted molar refractivity (Wildman–Crippen MR) is 99.9 cm³/mol. The van der Waals surface area contributed by atoms with Crippen molar-refractivity contribution in [2.24, 2.45) is 0 Å². The molecule has 0 fully saturated rings. The Hall–Kier alpha value is -3.09. The van der Waals surface area contributed by atoms with Crippen LogP contribution in [0.2, 0.25) is 0 Å². The summed E-state index contributed by atoms with van der Waals surface area (Å²) in [6, 6.07) is 2.57. The van der Waals surface area contributed by atoms with Gasteiger partial charge in [-0.2, -0.15) is 0 Å². The van der Waals surface area contributed by atoms with Gasteiger partial charge in [-0.05, 0) is 37.5 Å². The number of hydrogen-bond donors (Lipinski definition) is 2. The molecule has 0 aliphatic heterocycles. The number of benzene rings is 1. The van der Waals surface area contributed by atoms with Crippen molar-refractivity contribution in [1.29, 1.82) is 0 Å². The van der Waals surface area contributed by atoms with Crippen LogP contribution in [0.25, 0.3) is 21.9 Å². The highest BCUT2D eigenvalue weighted by Gasteiger charge is 2.21. The molecule has 2 N–H and O–H groups in total. The number of hydrogen-bond acceptors (Lipinski definition) is 5. The van der Waals surface area contributed by atoms with Gasteiger partial charge in [0.25, 0.3) is 0 Å². The van der Waals surface area contributed by atoms with Crippen LogP contribution in [0.5, 0.6) is 0 Å². The third-order valence-corrected chi connectivity index (χ3v) is 4.72. The third kappa shape index (κ3) is 3.58. The molecule has 1 amide bonds. The fraction of sp³-hybridized carbons (Fsp3) is 0.350. The maximum Gasteiger partial charge on any atom is 0.340 e. The normalized spacial score (nSPS) is 12.4. The highest BCUT2D eigenvalue weighted by molar-refractivity contribution is 5.96. The van der Waals surface area contributed by atoms with E-state index in [-0.39, 0.29) is 12.0 Å². The van der Waals surface area contributed by atoms with Crippen molar-refractivity contribution >= 4 is 33.8 Å². The quantitative estimate of drug-likeness (QED) is 0.645. The van der Waals surface area contributed by atoms with Crippen molar-refractivity contribution in [2.45, 2.75) is 46.1 Å². The molecule has 0 aliphatic carbocycles. The number of rotatable bonds is 6. The predicted octanol–water partition coefficient (Wildman–Crippen LogP) is 3.07. The first-order chi connectivity index (χ1) is 12.8. The minimum atomic E-state index is -1.09. The lowest BCUT2D eigenvalue weighted by Gasteiger charge is -2.14. The molecule has 0 saturated carbocycles. The van der Waals surface area contributed by atoms with Crippen LogP contribution in [0.15, 0.2) is 32.0 Å². The molecular formula is C20H21NO6. The Morgan fingerprint density at radius 3 is 2.59 bits per heavy atom. The number of carboxylic acids is 1. The van der Waals surface area contributed by atoms with Crippen molar-refractivity contribution in [1.82, 2.24) is 5.32 Å². The molecule has 2 aromatic heterocycles. The number of fused-ring (bicyclic) bond motifs is 2. The lowest BCUT2D eigenvalue weighted by molar-refractivity contribution is -0.141. The third-order valence-electron chi connectivity index (χ3n) is 4.72. The van der Waals surface area contributed by atoms with Gasteiger partial charge in [0, 0.05) is 16.8 Å². The molecule has 1 atom stereocenters. The monoisotopic (exact) mass is 371 g/mol. The Bertz CT molecular complexity index is 1090. The summed E-state index contributed by atoms with van der Waals surface area (Å²) in [7, 11) is 0. The van der Waals surface area contributed by atoms with Gasteiger partial charge in [-0.25, -0.2) is 9.59 Å². The molecule has 1 unspecified atom stereocenters. The second-order valence-electron chi connectivity index (χ2n) is 6.68. The Morgan fingerprint density at radius 1 is 1.19 bits per heavy atom. The summed E-state index contributed by atoms with van der Waals surface area (Å²) < 4.78 is 10.8. The van der Waals surface area contributed by atoms with E-state index in [2.05, 4.69) is 5.32 Å². The van der Waals surface area contributed by atoms with Crippen LogP contribution in [0, 0.1) is 13.8 Å². The van der Waals surface area contributed by atoms with Gasteiger partial charge in [0.2, 0.25) is 5.91 Å². The maximum atomic E-state index is 12.4. The van der Waals surface area contributed by atoms with Crippen molar-refractivity contribution < 1.29 is 23.5 Å². The van der Waals surface area contributed by atoms with Crippen LogP contribution in [0.1, 0.15) is 36.5 Å². The molecule has 7 heteroatoms. The van der Waals surface area contributed by atoms with Crippen LogP contribution >= 0.6 is 0 Å². The van der Waals surface area contributed by atoms with Gasteiger partial charge in [-0.3, -0.25) is 4.79 Å². The summed E-state index contributed by atoms with van der Waals surface area (Å²) in [6.45, 7) is 5.51. The van der Waals surface area contributed by atoms with Crippen LogP contribution < -0.4 is 10.9 Å². The Labute approximate surface area is 155 Å². The van der Waals surface area contributed by atoms with E-state index in [0.717, 1.165) is 16.3 Å². The van der Waals surface area contributed by atoms with Crippen molar-refractivity contribution in [3.05, 3.63) is 45.5 Å². The smallest absolute Gasteiger partial charge is 0.340 e. The Balaban J connectivity index is 1.97. The lowest BCUT2D eigenvalue weighted by Crippen LogP contribution is -2.41. The second kappa shape index (κ2) is 7.26. The SMILES string of the molecule is CCCC(NC(=O)Cc1c(C)c2cc3c(C)coc3cc2oc1=O)C(=O)O. The van der Waals surface area contributed by atoms with E-state index in [4.69, 9.17) is 8.83 Å². The molecule has 3 rings (SSSR count). The molecule has 0 aliphatic rings. The van der Waals surface area contributed by atoms with Crippen molar-refractivity contribution in [3.8, 4) is 0 Å². The largest absolute Gasteiger partial charge is 0.480 e. The molecule has 7 nitrogen and oxygen atoms in total. The number of furan rings is 1. The topological polar surface area (TPSA) is 110 Å². The van der Waals surface area contributed by atoms with E-state index < -0.39 is 23.5 Å². The van der Waals surface area contributed by atoms with Gasteiger partial charge < -0.3 is 19.3 Å². The molecule has 0 bridgehead atoms. The van der Waals surface area contributed by atoms with E-state index in [1.54, 1.807) is 19.3 Å². The van der Waals surface area contributed by atoms with Crippen LogP contribution in [-0.2, 0) is 16.0 Å². The fourth-order valence-corrected chi connectivity index (χ4v) is 3.19. The maximum absolute atomic E-state index is 12.4. The number of carbonyl (C=O) groups excluding carboxylic acids is 1. The number of aliphatic carboxylic acids is 1. The highest BCUT2D eigenvalue weighted by Crippen LogP contribution is 2.28. The molecule has 27 heavy (non-hydrogen) atoms. The average Bonchev–Trinajstić information content (AvgIpc) is 2.97. The zero-order valence-electron chi connectivity index (χ0n) is 15.4. The van der Waals surface area contributed by atoms with E-state index >= 15 is 0 Å². The number of aryl methyl sites for hydroxylation is 2. The first-order valence-corrected chi connectivity index (χ1v) is 8.78. The molecule has 2 heterocycles. The molecule has 0 radical (unpaired) electrons. The first kappa shape index (κ1) is 18.7. The second-order valence-corrected chi connectivity index (χ2v) is 6.68. The van der Waals surface area contributed by atoms with E-state index in [0.29, 0.717) is 29.6 Å². The first-order valence-electron chi connectivity index (χ1n) is 8.78. The van der Waals surface area contributed by atoms with Crippen LogP contribution in [-0.4, -0.2) is 23.0 Å². The minimum Gasteiger partial charge on any atom is -0.480 e. The van der Waals surface area contributed by atoms with Crippen molar-refractivity contribution in [3.63, 3.8) is 0 Å². The number of amides is 1. The van der Waals surface area contributed by atoms with Crippen LogP contribution in [0.4, 0.5) is 0 Å². The zero-order valence-corrected chi connectivity index (χ0v) is 15.4. The van der Waals surface area contributed by atoms with Gasteiger partial charge >= 0.3 is 11.6 Å². The van der Waals surface area contributed by atoms with Gasteiger partial charge in [-0.1, -0.05) is 13.3 Å². The summed E-state index contributed by atoms with van der Waals surface area (Å²) in [5.74, 6) is -1.61. The fourth-order valence-electron chi connectivity index (χ4n) is 3.19. The lowest BCUT2D eigenvalue weighted by atomic mass is 10.0. The van der Waals surface area contributed by atoms with Gasteiger partial charge in [0.15, 0.2) is 0 Å². The number of carboxylic acid groups (broad SMARTS) is 1. The van der Waals surface area contributed by atoms with Gasteiger partial charge in [-0.15, -0.1) is 0 Å². The summed E-state index contributed by atoms with van der Waals surface area (Å²) in [5.41, 5.74) is 2.22. The summed E-state index contributed by atoms with van der Waals surface area (Å²) >= 11 is 0. The summed E-state index contributed by atoms with van der Waals surface area (Å²) in [6.07, 6.45) is 2.34. The molecule has 0 saturated heterocycles. The molecular weight excluding hydrogens is 350 g/mol. The van der Waals surface area contributed by atoms with E-state index in [9.17, 15) is 19.5 Å². The summed E-state index contributed by atoms with van der Waals surface area (Å²) in [4.78, 5) is 35.9. The number of carbonyl (C=O) groups is 2. The van der Waals surface area contributed by atoms with E-state index in [1.165, 1.54) is 0 Å². The van der Waals surface area contributed by atoms with Gasteiger partial charge in [0.05, 0.1) is 18.2 Å². The van der Waals surface area contributed by atoms with E-state index in [1.807, 2.05) is 19.9 Å². The molecule has 0 spiro atoms.